The summed E-state index contributed by atoms with van der Waals surface area (Å²) in [6, 6.07) is 11.8. The zero-order chi connectivity index (χ0) is 19.6. The van der Waals surface area contributed by atoms with Gasteiger partial charge in [-0.15, -0.1) is 0 Å². The van der Waals surface area contributed by atoms with Crippen molar-refractivity contribution in [3.05, 3.63) is 75.8 Å². The largest absolute Gasteiger partial charge is 0.323 e. The minimum atomic E-state index is -0.535. The Morgan fingerprint density at radius 3 is 2.63 bits per heavy atom. The summed E-state index contributed by atoms with van der Waals surface area (Å²) >= 11 is 5.74. The summed E-state index contributed by atoms with van der Waals surface area (Å²) in [5.41, 5.74) is 4.94. The number of halogens is 2. The monoisotopic (exact) mass is 386 g/mol. The Morgan fingerprint density at radius 2 is 1.93 bits per heavy atom. The molecular formula is C20H20ClFN4O. The number of rotatable bonds is 4. The highest BCUT2D eigenvalue weighted by molar-refractivity contribution is 6.31. The molecule has 0 saturated heterocycles. The molecule has 0 aliphatic carbocycles. The summed E-state index contributed by atoms with van der Waals surface area (Å²) in [7, 11) is 0. The molecule has 2 N–H and O–H groups in total. The van der Waals surface area contributed by atoms with Crippen molar-refractivity contribution in [2.24, 2.45) is 0 Å². The van der Waals surface area contributed by atoms with Gasteiger partial charge in [0.05, 0.1) is 28.6 Å². The Balaban J connectivity index is 1.74. The van der Waals surface area contributed by atoms with Crippen LogP contribution in [-0.2, 0) is 6.54 Å². The molecule has 2 amide bonds. The van der Waals surface area contributed by atoms with Crippen molar-refractivity contribution < 1.29 is 9.18 Å². The number of carbonyl (C=O) groups excluding carboxylic acids is 1. The first-order chi connectivity index (χ1) is 12.8. The van der Waals surface area contributed by atoms with Gasteiger partial charge in [-0.25, -0.2) is 9.18 Å². The van der Waals surface area contributed by atoms with Gasteiger partial charge >= 0.3 is 6.03 Å². The molecule has 3 aromatic rings. The van der Waals surface area contributed by atoms with E-state index in [9.17, 15) is 9.18 Å². The third-order valence-corrected chi connectivity index (χ3v) is 4.50. The average molecular weight is 387 g/mol. The molecule has 1 aromatic heterocycles. The first-order valence-corrected chi connectivity index (χ1v) is 8.84. The van der Waals surface area contributed by atoms with Gasteiger partial charge in [0.15, 0.2) is 0 Å². The zero-order valence-corrected chi connectivity index (χ0v) is 16.1. The molecule has 0 spiro atoms. The lowest BCUT2D eigenvalue weighted by Gasteiger charge is -2.09. The highest BCUT2D eigenvalue weighted by Crippen LogP contribution is 2.22. The number of benzene rings is 2. The van der Waals surface area contributed by atoms with Gasteiger partial charge in [0.2, 0.25) is 0 Å². The number of nitrogens with zero attached hydrogens (tertiary/aromatic N) is 2. The van der Waals surface area contributed by atoms with E-state index in [1.165, 1.54) is 23.8 Å². The van der Waals surface area contributed by atoms with Crippen molar-refractivity contribution >= 4 is 29.0 Å². The summed E-state index contributed by atoms with van der Waals surface area (Å²) in [4.78, 5) is 12.3. The van der Waals surface area contributed by atoms with Gasteiger partial charge < -0.3 is 10.6 Å². The Hall–Kier alpha value is -2.86. The van der Waals surface area contributed by atoms with Gasteiger partial charge in [-0.3, -0.25) is 4.68 Å². The van der Waals surface area contributed by atoms with Crippen LogP contribution in [0.3, 0.4) is 0 Å². The standard InChI is InChI=1S/C20H20ClFN4O/c1-12-5-4-6-15(9-12)11-26-14(3)19(13(2)25-26)24-20(27)23-16-7-8-18(22)17(21)10-16/h4-10H,11H2,1-3H3,(H2,23,24,27). The molecule has 2 aromatic carbocycles. The van der Waals surface area contributed by atoms with E-state index < -0.39 is 11.8 Å². The normalized spacial score (nSPS) is 10.7. The summed E-state index contributed by atoms with van der Waals surface area (Å²) in [6.45, 7) is 6.40. The van der Waals surface area contributed by atoms with Crippen molar-refractivity contribution in [3.63, 3.8) is 0 Å². The van der Waals surface area contributed by atoms with E-state index in [1.54, 1.807) is 0 Å². The number of anilines is 2. The van der Waals surface area contributed by atoms with Crippen LogP contribution < -0.4 is 10.6 Å². The van der Waals surface area contributed by atoms with Crippen LogP contribution in [0.5, 0.6) is 0 Å². The van der Waals surface area contributed by atoms with E-state index in [1.807, 2.05) is 43.7 Å². The zero-order valence-electron chi connectivity index (χ0n) is 15.3. The van der Waals surface area contributed by atoms with Crippen molar-refractivity contribution in [1.82, 2.24) is 9.78 Å². The van der Waals surface area contributed by atoms with E-state index in [-0.39, 0.29) is 5.02 Å². The third kappa shape index (κ3) is 4.46. The molecule has 0 aliphatic heterocycles. The van der Waals surface area contributed by atoms with Gasteiger partial charge in [0.1, 0.15) is 5.82 Å². The number of urea groups is 1. The molecule has 140 valence electrons. The molecule has 0 saturated carbocycles. The molecule has 0 bridgehead atoms. The summed E-state index contributed by atoms with van der Waals surface area (Å²) in [6.07, 6.45) is 0. The second-order valence-electron chi connectivity index (χ2n) is 6.40. The van der Waals surface area contributed by atoms with Crippen LogP contribution in [0.4, 0.5) is 20.6 Å². The first kappa shape index (κ1) is 18.9. The predicted octanol–water partition coefficient (Wildman–Crippen LogP) is 5.29. The Labute approximate surface area is 162 Å². The van der Waals surface area contributed by atoms with Crippen LogP contribution in [0.25, 0.3) is 0 Å². The summed E-state index contributed by atoms with van der Waals surface area (Å²) in [5, 5.41) is 9.92. The van der Waals surface area contributed by atoms with E-state index in [4.69, 9.17) is 11.6 Å². The molecule has 0 unspecified atom stereocenters. The van der Waals surface area contributed by atoms with Crippen molar-refractivity contribution in [3.8, 4) is 0 Å². The highest BCUT2D eigenvalue weighted by Gasteiger charge is 2.15. The first-order valence-electron chi connectivity index (χ1n) is 8.46. The van der Waals surface area contributed by atoms with Gasteiger partial charge in [-0.2, -0.15) is 5.10 Å². The average Bonchev–Trinajstić information content (AvgIpc) is 2.86. The Bertz CT molecular complexity index is 1000. The van der Waals surface area contributed by atoms with Crippen LogP contribution in [0.2, 0.25) is 5.02 Å². The second-order valence-corrected chi connectivity index (χ2v) is 6.81. The maximum absolute atomic E-state index is 13.2. The number of nitrogens with one attached hydrogen (secondary N) is 2. The van der Waals surface area contributed by atoms with E-state index >= 15 is 0 Å². The maximum atomic E-state index is 13.2. The maximum Gasteiger partial charge on any atom is 0.323 e. The Kier molecular flexibility index (Phi) is 5.46. The summed E-state index contributed by atoms with van der Waals surface area (Å²) in [5.74, 6) is -0.535. The van der Waals surface area contributed by atoms with Crippen LogP contribution in [0.15, 0.2) is 42.5 Å². The Morgan fingerprint density at radius 1 is 1.15 bits per heavy atom. The highest BCUT2D eigenvalue weighted by atomic mass is 35.5. The van der Waals surface area contributed by atoms with Crippen LogP contribution in [-0.4, -0.2) is 15.8 Å². The van der Waals surface area contributed by atoms with E-state index in [0.29, 0.717) is 23.6 Å². The lowest BCUT2D eigenvalue weighted by atomic mass is 10.1. The predicted molar refractivity (Wildman–Crippen MR) is 106 cm³/mol. The van der Waals surface area contributed by atoms with E-state index in [2.05, 4.69) is 21.8 Å². The molecule has 3 rings (SSSR count). The molecule has 27 heavy (non-hydrogen) atoms. The van der Waals surface area contributed by atoms with Crippen molar-refractivity contribution in [1.29, 1.82) is 0 Å². The molecule has 7 heteroatoms. The van der Waals surface area contributed by atoms with Crippen molar-refractivity contribution in [2.75, 3.05) is 10.6 Å². The fourth-order valence-electron chi connectivity index (χ4n) is 2.86. The fourth-order valence-corrected chi connectivity index (χ4v) is 3.05. The van der Waals surface area contributed by atoms with Crippen LogP contribution >= 0.6 is 11.6 Å². The number of aromatic nitrogens is 2. The smallest absolute Gasteiger partial charge is 0.308 e. The second kappa shape index (κ2) is 7.80. The lowest BCUT2D eigenvalue weighted by Crippen LogP contribution is -2.20. The SMILES string of the molecule is Cc1cccc(Cn2nc(C)c(NC(=O)Nc3ccc(F)c(Cl)c3)c2C)c1. The minimum absolute atomic E-state index is 0.0499. The molecule has 5 nitrogen and oxygen atoms in total. The number of hydrogen-bond donors (Lipinski definition) is 2. The van der Waals surface area contributed by atoms with Gasteiger partial charge in [-0.05, 0) is 44.5 Å². The fraction of sp³-hybridized carbons (Fsp3) is 0.200. The van der Waals surface area contributed by atoms with Gasteiger partial charge in [0, 0.05) is 5.69 Å². The number of hydrogen-bond acceptors (Lipinski definition) is 2. The molecule has 0 radical (unpaired) electrons. The lowest BCUT2D eigenvalue weighted by molar-refractivity contribution is 0.262. The molecule has 0 aliphatic rings. The number of amides is 2. The molecule has 0 fully saturated rings. The third-order valence-electron chi connectivity index (χ3n) is 4.21. The number of aryl methyl sites for hydroxylation is 2. The molecule has 0 atom stereocenters. The molecular weight excluding hydrogens is 367 g/mol. The van der Waals surface area contributed by atoms with Crippen LogP contribution in [0.1, 0.15) is 22.5 Å². The summed E-state index contributed by atoms with van der Waals surface area (Å²) < 4.78 is 15.1. The quantitative estimate of drug-likeness (QED) is 0.639. The van der Waals surface area contributed by atoms with Gasteiger partial charge in [0.25, 0.3) is 0 Å². The minimum Gasteiger partial charge on any atom is -0.308 e. The molecule has 1 heterocycles. The van der Waals surface area contributed by atoms with Crippen LogP contribution in [0, 0.1) is 26.6 Å². The number of carbonyl (C=O) groups is 1. The topological polar surface area (TPSA) is 59.0 Å². The van der Waals surface area contributed by atoms with E-state index in [0.717, 1.165) is 11.3 Å². The van der Waals surface area contributed by atoms with Gasteiger partial charge in [-0.1, -0.05) is 41.4 Å². The van der Waals surface area contributed by atoms with Crippen molar-refractivity contribution in [2.45, 2.75) is 27.3 Å².